The van der Waals surface area contributed by atoms with Crippen LogP contribution in [0.25, 0.3) is 0 Å². The lowest BCUT2D eigenvalue weighted by molar-refractivity contribution is 0.556. The van der Waals surface area contributed by atoms with Crippen molar-refractivity contribution in [3.8, 4) is 6.07 Å². The third-order valence-corrected chi connectivity index (χ3v) is 2.53. The van der Waals surface area contributed by atoms with Crippen molar-refractivity contribution in [2.24, 2.45) is 10.9 Å². The van der Waals surface area contributed by atoms with E-state index in [4.69, 9.17) is 5.26 Å². The zero-order valence-corrected chi connectivity index (χ0v) is 8.42. The van der Waals surface area contributed by atoms with Gasteiger partial charge < -0.3 is 0 Å². The van der Waals surface area contributed by atoms with E-state index in [0.717, 1.165) is 32.2 Å². The molecule has 0 radical (unpaired) electrons. The molecule has 0 N–H and O–H groups in total. The van der Waals surface area contributed by atoms with Crippen LogP contribution in [0.1, 0.15) is 45.4 Å². The lowest BCUT2D eigenvalue weighted by Gasteiger charge is -2.17. The molecule has 1 aliphatic rings. The van der Waals surface area contributed by atoms with Gasteiger partial charge in [-0.1, -0.05) is 13.3 Å². The van der Waals surface area contributed by atoms with Gasteiger partial charge in [0.05, 0.1) is 12.0 Å². The fraction of sp³-hybridized carbons (Fsp3) is 0.818. The van der Waals surface area contributed by atoms with Crippen LogP contribution in [0.2, 0.25) is 0 Å². The van der Waals surface area contributed by atoms with Gasteiger partial charge >= 0.3 is 0 Å². The zero-order chi connectivity index (χ0) is 9.52. The van der Waals surface area contributed by atoms with E-state index in [1.807, 2.05) is 0 Å². The van der Waals surface area contributed by atoms with Gasteiger partial charge in [0, 0.05) is 18.7 Å². The molecule has 1 rings (SSSR count). The summed E-state index contributed by atoms with van der Waals surface area (Å²) in [6.45, 7) is 3.14. The van der Waals surface area contributed by atoms with E-state index in [-0.39, 0.29) is 5.92 Å². The van der Waals surface area contributed by atoms with Crippen LogP contribution in [0.4, 0.5) is 0 Å². The van der Waals surface area contributed by atoms with E-state index >= 15 is 0 Å². The minimum absolute atomic E-state index is 0.245. The van der Waals surface area contributed by atoms with E-state index in [1.54, 1.807) is 0 Å². The highest BCUT2D eigenvalue weighted by atomic mass is 14.7. The molecule has 0 saturated heterocycles. The smallest absolute Gasteiger partial charge is 0.0659 e. The predicted molar refractivity (Wildman–Crippen MR) is 54.8 cm³/mol. The van der Waals surface area contributed by atoms with Crippen molar-refractivity contribution in [2.75, 3.05) is 6.54 Å². The Morgan fingerprint density at radius 1 is 1.62 bits per heavy atom. The van der Waals surface area contributed by atoms with E-state index in [0.29, 0.717) is 0 Å². The standard InChI is InChI=1S/C11H18N2/c1-2-3-7-13-11-6-4-5-10(8-11)9-12/h10H,2-8H2,1H3. The van der Waals surface area contributed by atoms with Gasteiger partial charge in [0.15, 0.2) is 0 Å². The third kappa shape index (κ3) is 3.59. The molecule has 72 valence electrons. The highest BCUT2D eigenvalue weighted by Crippen LogP contribution is 2.21. The van der Waals surface area contributed by atoms with Crippen LogP contribution in [0, 0.1) is 17.2 Å². The SMILES string of the molecule is CCCCN=C1CCCC(C#N)C1. The molecule has 0 aromatic rings. The van der Waals surface area contributed by atoms with Crippen molar-refractivity contribution in [1.29, 1.82) is 5.26 Å². The molecule has 0 aromatic heterocycles. The highest BCUT2D eigenvalue weighted by Gasteiger charge is 2.16. The molecule has 13 heavy (non-hydrogen) atoms. The lowest BCUT2D eigenvalue weighted by Crippen LogP contribution is -2.14. The fourth-order valence-corrected chi connectivity index (χ4v) is 1.69. The van der Waals surface area contributed by atoms with Crippen molar-refractivity contribution in [2.45, 2.75) is 45.4 Å². The Balaban J connectivity index is 2.33. The largest absolute Gasteiger partial charge is 0.294 e. The first-order valence-corrected chi connectivity index (χ1v) is 5.28. The number of nitriles is 1. The number of unbranched alkanes of at least 4 members (excludes halogenated alkanes) is 1. The Hall–Kier alpha value is -0.840. The number of aliphatic imine (C=N–C) groups is 1. The van der Waals surface area contributed by atoms with Gasteiger partial charge in [-0.3, -0.25) is 4.99 Å². The topological polar surface area (TPSA) is 36.1 Å². The van der Waals surface area contributed by atoms with E-state index in [2.05, 4.69) is 18.0 Å². The summed E-state index contributed by atoms with van der Waals surface area (Å²) in [6.07, 6.45) is 6.67. The molecule has 1 unspecified atom stereocenters. The number of rotatable bonds is 3. The molecule has 0 bridgehead atoms. The van der Waals surface area contributed by atoms with Crippen molar-refractivity contribution < 1.29 is 0 Å². The average Bonchev–Trinajstić information content (AvgIpc) is 2.19. The predicted octanol–water partition coefficient (Wildman–Crippen LogP) is 2.94. The minimum Gasteiger partial charge on any atom is -0.294 e. The molecule has 0 aliphatic heterocycles. The molecule has 1 saturated carbocycles. The maximum atomic E-state index is 8.78. The van der Waals surface area contributed by atoms with Gasteiger partial charge in [-0.2, -0.15) is 5.26 Å². The Labute approximate surface area is 80.7 Å². The summed E-state index contributed by atoms with van der Waals surface area (Å²) in [5.74, 6) is 0.245. The average molecular weight is 178 g/mol. The number of hydrogen-bond donors (Lipinski definition) is 0. The van der Waals surface area contributed by atoms with Crippen molar-refractivity contribution in [3.63, 3.8) is 0 Å². The van der Waals surface area contributed by atoms with Gasteiger partial charge in [-0.05, 0) is 25.7 Å². The Kier molecular flexibility index (Phi) is 4.53. The monoisotopic (exact) mass is 178 g/mol. The van der Waals surface area contributed by atoms with Gasteiger partial charge in [0.25, 0.3) is 0 Å². The molecule has 2 nitrogen and oxygen atoms in total. The second-order valence-corrected chi connectivity index (χ2v) is 3.72. The van der Waals surface area contributed by atoms with Gasteiger partial charge in [0.1, 0.15) is 0 Å². The van der Waals surface area contributed by atoms with Crippen LogP contribution in [0.5, 0.6) is 0 Å². The molecule has 0 spiro atoms. The molecule has 0 aromatic carbocycles. The van der Waals surface area contributed by atoms with Gasteiger partial charge in [-0.25, -0.2) is 0 Å². The molecular weight excluding hydrogens is 160 g/mol. The molecule has 2 heteroatoms. The van der Waals surface area contributed by atoms with Crippen LogP contribution in [0.3, 0.4) is 0 Å². The summed E-state index contributed by atoms with van der Waals surface area (Å²) in [7, 11) is 0. The first kappa shape index (κ1) is 10.2. The Morgan fingerprint density at radius 3 is 3.15 bits per heavy atom. The second kappa shape index (κ2) is 5.75. The van der Waals surface area contributed by atoms with Crippen molar-refractivity contribution in [1.82, 2.24) is 0 Å². The van der Waals surface area contributed by atoms with Crippen molar-refractivity contribution >= 4 is 5.71 Å². The summed E-state index contributed by atoms with van der Waals surface area (Å²) >= 11 is 0. The van der Waals surface area contributed by atoms with E-state index < -0.39 is 0 Å². The Morgan fingerprint density at radius 2 is 2.46 bits per heavy atom. The maximum absolute atomic E-state index is 8.78. The summed E-state index contributed by atoms with van der Waals surface area (Å²) in [6, 6.07) is 2.34. The normalized spacial score (nSPS) is 25.8. The Bertz CT molecular complexity index is 213. The summed E-state index contributed by atoms with van der Waals surface area (Å²) in [4.78, 5) is 4.54. The first-order chi connectivity index (χ1) is 6.36. The fourth-order valence-electron chi connectivity index (χ4n) is 1.69. The number of nitrogens with zero attached hydrogens (tertiary/aromatic N) is 2. The first-order valence-electron chi connectivity index (χ1n) is 5.28. The van der Waals surface area contributed by atoms with Gasteiger partial charge in [-0.15, -0.1) is 0 Å². The number of hydrogen-bond acceptors (Lipinski definition) is 2. The van der Waals surface area contributed by atoms with Crippen LogP contribution in [-0.2, 0) is 0 Å². The zero-order valence-electron chi connectivity index (χ0n) is 8.42. The molecule has 0 amide bonds. The van der Waals surface area contributed by atoms with Crippen LogP contribution >= 0.6 is 0 Å². The van der Waals surface area contributed by atoms with Crippen LogP contribution in [-0.4, -0.2) is 12.3 Å². The third-order valence-electron chi connectivity index (χ3n) is 2.53. The minimum atomic E-state index is 0.245. The summed E-state index contributed by atoms with van der Waals surface area (Å²) in [5.41, 5.74) is 1.28. The second-order valence-electron chi connectivity index (χ2n) is 3.72. The quantitative estimate of drug-likeness (QED) is 0.612. The van der Waals surface area contributed by atoms with Crippen molar-refractivity contribution in [3.05, 3.63) is 0 Å². The van der Waals surface area contributed by atoms with E-state index in [9.17, 15) is 0 Å². The van der Waals surface area contributed by atoms with Crippen LogP contribution < -0.4 is 0 Å². The van der Waals surface area contributed by atoms with Crippen LogP contribution in [0.15, 0.2) is 4.99 Å². The molecule has 1 fully saturated rings. The molecular formula is C11H18N2. The van der Waals surface area contributed by atoms with E-state index in [1.165, 1.54) is 18.6 Å². The summed E-state index contributed by atoms with van der Waals surface area (Å²) in [5, 5.41) is 8.78. The molecule has 0 heterocycles. The molecule has 1 aliphatic carbocycles. The maximum Gasteiger partial charge on any atom is 0.0659 e. The summed E-state index contributed by atoms with van der Waals surface area (Å²) < 4.78 is 0. The lowest BCUT2D eigenvalue weighted by atomic mass is 9.89. The highest BCUT2D eigenvalue weighted by molar-refractivity contribution is 5.85. The van der Waals surface area contributed by atoms with Gasteiger partial charge in [0.2, 0.25) is 0 Å². The molecule has 1 atom stereocenters.